The number of carboxylic acids is 2. The third-order valence-corrected chi connectivity index (χ3v) is 4.89. The molecule has 9 heteroatoms. The Hall–Kier alpha value is -2.16. The van der Waals surface area contributed by atoms with Gasteiger partial charge in [-0.3, -0.25) is 4.79 Å². The maximum Gasteiger partial charge on any atom is 0.364 e. The number of hydrogen-bond donors (Lipinski definition) is 3. The molecule has 1 aliphatic heterocycles. The number of unbranched alkanes of at least 4 members (excludes halogenated alkanes) is 1. The SMILES string of the molecule is CC1(C(=O)O)OCC(CCCCC(NC(=O)c2ccc(Cl)cc2)C(=O)O)CO1. The van der Waals surface area contributed by atoms with Crippen LogP contribution in [0.25, 0.3) is 0 Å². The highest BCUT2D eigenvalue weighted by atomic mass is 35.5. The summed E-state index contributed by atoms with van der Waals surface area (Å²) in [6.07, 6.45) is 2.30. The van der Waals surface area contributed by atoms with Gasteiger partial charge in [0.25, 0.3) is 11.7 Å². The molecule has 0 aliphatic carbocycles. The predicted octanol–water partition coefficient (Wildman–Crippen LogP) is 2.55. The lowest BCUT2D eigenvalue weighted by atomic mass is 10.00. The molecule has 154 valence electrons. The fourth-order valence-electron chi connectivity index (χ4n) is 2.82. The number of carbonyl (C=O) groups is 3. The maximum absolute atomic E-state index is 12.2. The standard InChI is InChI=1S/C19H24ClNO7/c1-19(18(25)26)27-10-12(11-28-19)4-2-3-5-15(17(23)24)21-16(22)13-6-8-14(20)9-7-13/h6-9,12,15H,2-5,10-11H2,1H3,(H,21,22)(H,23,24)(H,25,26). The second-order valence-corrected chi connectivity index (χ2v) is 7.33. The summed E-state index contributed by atoms with van der Waals surface area (Å²) in [6.45, 7) is 1.92. The van der Waals surface area contributed by atoms with Crippen LogP contribution >= 0.6 is 11.6 Å². The highest BCUT2D eigenvalue weighted by molar-refractivity contribution is 6.30. The highest BCUT2D eigenvalue weighted by Crippen LogP contribution is 2.24. The molecule has 0 spiro atoms. The van der Waals surface area contributed by atoms with E-state index in [1.807, 2.05) is 0 Å². The molecule has 2 rings (SSSR count). The first-order chi connectivity index (χ1) is 13.2. The summed E-state index contributed by atoms with van der Waals surface area (Å²) in [5.41, 5.74) is 0.341. The van der Waals surface area contributed by atoms with Crippen molar-refractivity contribution in [1.29, 1.82) is 0 Å². The number of carbonyl (C=O) groups excluding carboxylic acids is 1. The van der Waals surface area contributed by atoms with Crippen LogP contribution in [-0.2, 0) is 19.1 Å². The van der Waals surface area contributed by atoms with Crippen LogP contribution in [0.5, 0.6) is 0 Å². The van der Waals surface area contributed by atoms with Crippen LogP contribution in [0, 0.1) is 5.92 Å². The molecule has 1 aromatic rings. The van der Waals surface area contributed by atoms with Crippen molar-refractivity contribution in [3.05, 3.63) is 34.9 Å². The van der Waals surface area contributed by atoms with Gasteiger partial charge in [0, 0.05) is 23.4 Å². The molecule has 0 radical (unpaired) electrons. The molecule has 1 amide bonds. The Morgan fingerprint density at radius 1 is 1.18 bits per heavy atom. The Bertz CT molecular complexity index is 699. The van der Waals surface area contributed by atoms with Crippen molar-refractivity contribution in [2.75, 3.05) is 13.2 Å². The average Bonchev–Trinajstić information content (AvgIpc) is 2.65. The van der Waals surface area contributed by atoms with E-state index in [-0.39, 0.29) is 25.6 Å². The molecule has 1 unspecified atom stereocenters. The fourth-order valence-corrected chi connectivity index (χ4v) is 2.94. The number of benzene rings is 1. The maximum atomic E-state index is 12.2. The number of ether oxygens (including phenoxy) is 2. The number of aliphatic carboxylic acids is 2. The van der Waals surface area contributed by atoms with Crippen molar-refractivity contribution in [3.8, 4) is 0 Å². The summed E-state index contributed by atoms with van der Waals surface area (Å²) in [5.74, 6) is -4.27. The first-order valence-electron chi connectivity index (χ1n) is 9.02. The van der Waals surface area contributed by atoms with Crippen molar-refractivity contribution in [1.82, 2.24) is 5.32 Å². The minimum Gasteiger partial charge on any atom is -0.480 e. The Labute approximate surface area is 167 Å². The smallest absolute Gasteiger partial charge is 0.364 e. The first-order valence-corrected chi connectivity index (χ1v) is 9.39. The van der Waals surface area contributed by atoms with Crippen LogP contribution in [0.4, 0.5) is 0 Å². The lowest BCUT2D eigenvalue weighted by Crippen LogP contribution is -2.47. The van der Waals surface area contributed by atoms with Gasteiger partial charge in [-0.1, -0.05) is 24.4 Å². The van der Waals surface area contributed by atoms with E-state index in [9.17, 15) is 19.5 Å². The highest BCUT2D eigenvalue weighted by Gasteiger charge is 2.40. The summed E-state index contributed by atoms with van der Waals surface area (Å²) < 4.78 is 10.6. The first kappa shape index (κ1) is 22.1. The van der Waals surface area contributed by atoms with Gasteiger partial charge in [-0.25, -0.2) is 9.59 Å². The largest absolute Gasteiger partial charge is 0.480 e. The number of amides is 1. The number of hydrogen-bond acceptors (Lipinski definition) is 5. The molecule has 0 aromatic heterocycles. The molecule has 28 heavy (non-hydrogen) atoms. The number of halogens is 1. The van der Waals surface area contributed by atoms with Crippen LogP contribution in [0.15, 0.2) is 24.3 Å². The quantitative estimate of drug-likeness (QED) is 0.531. The Balaban J connectivity index is 1.73. The fraction of sp³-hybridized carbons (Fsp3) is 0.526. The molecular formula is C19H24ClNO7. The summed E-state index contributed by atoms with van der Waals surface area (Å²) in [4.78, 5) is 34.6. The van der Waals surface area contributed by atoms with Gasteiger partial charge < -0.3 is 25.0 Å². The van der Waals surface area contributed by atoms with Gasteiger partial charge in [-0.2, -0.15) is 0 Å². The summed E-state index contributed by atoms with van der Waals surface area (Å²) in [5, 5.41) is 21.4. The normalized spacial score (nSPS) is 23.0. The van der Waals surface area contributed by atoms with E-state index in [2.05, 4.69) is 5.32 Å². The van der Waals surface area contributed by atoms with E-state index >= 15 is 0 Å². The molecule has 1 atom stereocenters. The van der Waals surface area contributed by atoms with Crippen molar-refractivity contribution in [3.63, 3.8) is 0 Å². The van der Waals surface area contributed by atoms with Crippen LogP contribution in [0.2, 0.25) is 5.02 Å². The number of nitrogens with one attached hydrogen (secondary N) is 1. The van der Waals surface area contributed by atoms with Crippen molar-refractivity contribution >= 4 is 29.4 Å². The minimum atomic E-state index is -1.60. The monoisotopic (exact) mass is 413 g/mol. The minimum absolute atomic E-state index is 0.0550. The van der Waals surface area contributed by atoms with E-state index in [4.69, 9.17) is 26.2 Å². The van der Waals surface area contributed by atoms with Crippen LogP contribution < -0.4 is 5.32 Å². The van der Waals surface area contributed by atoms with E-state index in [0.29, 0.717) is 29.8 Å². The average molecular weight is 414 g/mol. The molecule has 0 saturated carbocycles. The lowest BCUT2D eigenvalue weighted by molar-refractivity contribution is -0.271. The molecule has 8 nitrogen and oxygen atoms in total. The molecular weight excluding hydrogens is 390 g/mol. The van der Waals surface area contributed by atoms with Crippen LogP contribution in [0.3, 0.4) is 0 Å². The third kappa shape index (κ3) is 6.19. The van der Waals surface area contributed by atoms with Crippen molar-refractivity contribution < 1.29 is 34.1 Å². The summed E-state index contributed by atoms with van der Waals surface area (Å²) in [6, 6.07) is 5.21. The van der Waals surface area contributed by atoms with Crippen LogP contribution in [-0.4, -0.2) is 53.1 Å². The third-order valence-electron chi connectivity index (χ3n) is 4.64. The Morgan fingerprint density at radius 2 is 1.79 bits per heavy atom. The summed E-state index contributed by atoms with van der Waals surface area (Å²) in [7, 11) is 0. The van der Waals surface area contributed by atoms with Gasteiger partial charge in [0.2, 0.25) is 0 Å². The number of carboxylic acid groups (broad SMARTS) is 2. The van der Waals surface area contributed by atoms with E-state index in [0.717, 1.165) is 0 Å². The molecule has 3 N–H and O–H groups in total. The molecule has 1 aliphatic rings. The molecule has 1 saturated heterocycles. The van der Waals surface area contributed by atoms with E-state index in [1.165, 1.54) is 19.1 Å². The zero-order chi connectivity index (χ0) is 20.7. The second kappa shape index (κ2) is 9.86. The predicted molar refractivity (Wildman–Crippen MR) is 100 cm³/mol. The van der Waals surface area contributed by atoms with Gasteiger partial charge in [0.05, 0.1) is 13.2 Å². The van der Waals surface area contributed by atoms with Gasteiger partial charge >= 0.3 is 11.9 Å². The Morgan fingerprint density at radius 3 is 2.32 bits per heavy atom. The molecule has 1 heterocycles. The lowest BCUT2D eigenvalue weighted by Gasteiger charge is -2.34. The van der Waals surface area contributed by atoms with Crippen molar-refractivity contribution in [2.24, 2.45) is 5.92 Å². The van der Waals surface area contributed by atoms with Gasteiger partial charge in [0.1, 0.15) is 6.04 Å². The molecule has 1 aromatic carbocycles. The zero-order valence-electron chi connectivity index (χ0n) is 15.5. The van der Waals surface area contributed by atoms with Crippen molar-refractivity contribution in [2.45, 2.75) is 44.4 Å². The van der Waals surface area contributed by atoms with E-state index < -0.39 is 29.7 Å². The Kier molecular flexibility index (Phi) is 7.79. The van der Waals surface area contributed by atoms with Crippen LogP contribution in [0.1, 0.15) is 43.0 Å². The zero-order valence-corrected chi connectivity index (χ0v) is 16.3. The molecule has 1 fully saturated rings. The topological polar surface area (TPSA) is 122 Å². The number of rotatable bonds is 9. The van der Waals surface area contributed by atoms with Gasteiger partial charge in [0.15, 0.2) is 0 Å². The van der Waals surface area contributed by atoms with Gasteiger partial charge in [-0.05, 0) is 37.1 Å². The van der Waals surface area contributed by atoms with E-state index in [1.54, 1.807) is 12.1 Å². The molecule has 0 bridgehead atoms. The summed E-state index contributed by atoms with van der Waals surface area (Å²) >= 11 is 5.78. The second-order valence-electron chi connectivity index (χ2n) is 6.89. The van der Waals surface area contributed by atoms with Gasteiger partial charge in [-0.15, -0.1) is 0 Å².